The molecule has 0 saturated heterocycles. The van der Waals surface area contributed by atoms with E-state index >= 15 is 0 Å². The van der Waals surface area contributed by atoms with E-state index in [0.29, 0.717) is 29.4 Å². The van der Waals surface area contributed by atoms with E-state index in [0.717, 1.165) is 29.5 Å². The summed E-state index contributed by atoms with van der Waals surface area (Å²) < 4.78 is 10.5. The van der Waals surface area contributed by atoms with Crippen LogP contribution in [-0.4, -0.2) is 30.1 Å². The van der Waals surface area contributed by atoms with Crippen LogP contribution in [0.15, 0.2) is 23.0 Å². The number of nitrogens with zero attached hydrogens (tertiary/aromatic N) is 1. The lowest BCUT2D eigenvalue weighted by atomic mass is 10.1. The van der Waals surface area contributed by atoms with Crippen molar-refractivity contribution in [1.82, 2.24) is 9.97 Å². The molecule has 1 aliphatic carbocycles. The van der Waals surface area contributed by atoms with Crippen molar-refractivity contribution in [2.24, 2.45) is 0 Å². The van der Waals surface area contributed by atoms with E-state index in [1.54, 1.807) is 43.8 Å². The fourth-order valence-corrected chi connectivity index (χ4v) is 5.15. The zero-order valence-electron chi connectivity index (χ0n) is 17.2. The van der Waals surface area contributed by atoms with E-state index in [2.05, 4.69) is 15.3 Å². The Labute approximate surface area is 178 Å². The highest BCUT2D eigenvalue weighted by molar-refractivity contribution is 7.18. The van der Waals surface area contributed by atoms with Gasteiger partial charge in [-0.2, -0.15) is 0 Å². The first-order chi connectivity index (χ1) is 14.6. The summed E-state index contributed by atoms with van der Waals surface area (Å²) in [5, 5.41) is 3.59. The topological polar surface area (TPSA) is 93.3 Å². The highest BCUT2D eigenvalue weighted by atomic mass is 32.1. The van der Waals surface area contributed by atoms with Crippen molar-refractivity contribution >= 4 is 33.1 Å². The molecule has 4 rings (SSSR count). The Morgan fingerprint density at radius 2 is 1.97 bits per heavy atom. The molecular weight excluding hydrogens is 402 g/mol. The number of fused-ring (bicyclic) bond motifs is 3. The van der Waals surface area contributed by atoms with Crippen molar-refractivity contribution in [2.75, 3.05) is 19.5 Å². The highest BCUT2D eigenvalue weighted by Gasteiger charge is 2.19. The number of hydrogen-bond donors (Lipinski definition) is 2. The van der Waals surface area contributed by atoms with E-state index in [9.17, 15) is 9.59 Å². The summed E-state index contributed by atoms with van der Waals surface area (Å²) in [6.45, 7) is 0. The first-order valence-corrected chi connectivity index (χ1v) is 11.0. The zero-order valence-corrected chi connectivity index (χ0v) is 18.0. The minimum absolute atomic E-state index is 0.0882. The van der Waals surface area contributed by atoms with Crippen molar-refractivity contribution in [2.45, 2.75) is 44.9 Å². The van der Waals surface area contributed by atoms with Gasteiger partial charge in [0.05, 0.1) is 19.6 Å². The minimum Gasteiger partial charge on any atom is -0.493 e. The summed E-state index contributed by atoms with van der Waals surface area (Å²) in [6.07, 6.45) is 6.06. The summed E-state index contributed by atoms with van der Waals surface area (Å²) in [5.74, 6) is 1.53. The monoisotopic (exact) mass is 427 g/mol. The number of aryl methyl sites for hydroxylation is 3. The molecule has 7 nitrogen and oxygen atoms in total. The Bertz CT molecular complexity index is 1140. The van der Waals surface area contributed by atoms with Crippen LogP contribution >= 0.6 is 11.3 Å². The largest absolute Gasteiger partial charge is 0.493 e. The number of thiophene rings is 1. The number of benzene rings is 1. The number of H-pyrrole nitrogens is 1. The number of carbonyl (C=O) groups excluding carboxylic acids is 1. The van der Waals surface area contributed by atoms with Gasteiger partial charge in [0.2, 0.25) is 5.91 Å². The van der Waals surface area contributed by atoms with Gasteiger partial charge in [0.15, 0.2) is 11.5 Å². The van der Waals surface area contributed by atoms with E-state index in [4.69, 9.17) is 9.47 Å². The van der Waals surface area contributed by atoms with E-state index < -0.39 is 0 Å². The van der Waals surface area contributed by atoms with Gasteiger partial charge in [0.25, 0.3) is 5.56 Å². The van der Waals surface area contributed by atoms with Crippen molar-refractivity contribution < 1.29 is 14.3 Å². The van der Waals surface area contributed by atoms with E-state index in [1.165, 1.54) is 23.3 Å². The quantitative estimate of drug-likeness (QED) is 0.583. The Morgan fingerprint density at radius 3 is 2.77 bits per heavy atom. The van der Waals surface area contributed by atoms with Crippen LogP contribution in [0.3, 0.4) is 0 Å². The van der Waals surface area contributed by atoms with Crippen LogP contribution in [0.4, 0.5) is 5.69 Å². The van der Waals surface area contributed by atoms with E-state index in [1.807, 2.05) is 0 Å². The van der Waals surface area contributed by atoms with Gasteiger partial charge in [-0.1, -0.05) is 6.42 Å². The van der Waals surface area contributed by atoms with Crippen molar-refractivity contribution in [3.8, 4) is 11.5 Å². The fraction of sp³-hybridized carbons (Fsp3) is 0.409. The van der Waals surface area contributed by atoms with Crippen LogP contribution < -0.4 is 20.3 Å². The number of anilines is 1. The first kappa shape index (κ1) is 20.4. The Hall–Kier alpha value is -2.87. The maximum Gasteiger partial charge on any atom is 0.259 e. The summed E-state index contributed by atoms with van der Waals surface area (Å²) >= 11 is 1.63. The molecule has 3 aromatic rings. The number of amides is 1. The van der Waals surface area contributed by atoms with Gasteiger partial charge in [-0.25, -0.2) is 4.98 Å². The normalized spacial score (nSPS) is 13.5. The van der Waals surface area contributed by atoms with Crippen LogP contribution in [0.2, 0.25) is 0 Å². The van der Waals surface area contributed by atoms with Gasteiger partial charge in [0.1, 0.15) is 10.7 Å². The number of carbonyl (C=O) groups is 1. The molecular formula is C22H25N3O4S. The summed E-state index contributed by atoms with van der Waals surface area (Å²) in [4.78, 5) is 34.7. The minimum atomic E-state index is -0.160. The van der Waals surface area contributed by atoms with Crippen LogP contribution in [0.5, 0.6) is 11.5 Å². The van der Waals surface area contributed by atoms with Gasteiger partial charge in [-0.3, -0.25) is 9.59 Å². The second kappa shape index (κ2) is 8.87. The zero-order chi connectivity index (χ0) is 21.1. The molecule has 8 heteroatoms. The lowest BCUT2D eigenvalue weighted by molar-refractivity contribution is -0.116. The van der Waals surface area contributed by atoms with Crippen LogP contribution in [0.1, 0.15) is 41.9 Å². The number of hydrogen-bond acceptors (Lipinski definition) is 6. The molecule has 0 atom stereocenters. The molecule has 0 aliphatic heterocycles. The third-order valence-electron chi connectivity index (χ3n) is 5.38. The SMILES string of the molecule is COc1ccc(NC(=O)CCc2nc3sc4c(c3c(=O)[nH]2)CCCCC4)cc1OC. The fourth-order valence-electron chi connectivity index (χ4n) is 3.87. The Kier molecular flexibility index (Phi) is 6.03. The predicted octanol–water partition coefficient (Wildman–Crippen LogP) is 3.84. The molecule has 0 bridgehead atoms. The van der Waals surface area contributed by atoms with Crippen LogP contribution in [0, 0.1) is 0 Å². The third-order valence-corrected chi connectivity index (χ3v) is 6.57. The van der Waals surface area contributed by atoms with Crippen molar-refractivity contribution in [3.63, 3.8) is 0 Å². The molecule has 1 aromatic carbocycles. The third kappa shape index (κ3) is 4.18. The molecule has 1 aliphatic rings. The van der Waals surface area contributed by atoms with Crippen molar-refractivity contribution in [3.05, 3.63) is 44.8 Å². The average molecular weight is 428 g/mol. The summed E-state index contributed by atoms with van der Waals surface area (Å²) in [7, 11) is 3.11. The first-order valence-electron chi connectivity index (χ1n) is 10.1. The molecule has 2 N–H and O–H groups in total. The molecule has 0 radical (unpaired) electrons. The number of aromatic nitrogens is 2. The second-order valence-corrected chi connectivity index (χ2v) is 8.46. The molecule has 2 heterocycles. The van der Waals surface area contributed by atoms with Gasteiger partial charge < -0.3 is 19.8 Å². The van der Waals surface area contributed by atoms with Crippen LogP contribution in [-0.2, 0) is 24.1 Å². The van der Waals surface area contributed by atoms with Gasteiger partial charge in [-0.05, 0) is 43.4 Å². The van der Waals surface area contributed by atoms with Crippen LogP contribution in [0.25, 0.3) is 10.2 Å². The Balaban J connectivity index is 1.46. The van der Waals surface area contributed by atoms with Gasteiger partial charge in [0, 0.05) is 29.5 Å². The molecule has 0 spiro atoms. The smallest absolute Gasteiger partial charge is 0.259 e. The molecule has 30 heavy (non-hydrogen) atoms. The van der Waals surface area contributed by atoms with E-state index in [-0.39, 0.29) is 17.9 Å². The van der Waals surface area contributed by atoms with Gasteiger partial charge in [-0.15, -0.1) is 11.3 Å². The maximum absolute atomic E-state index is 12.7. The molecule has 1 amide bonds. The lowest BCUT2D eigenvalue weighted by Gasteiger charge is -2.10. The van der Waals surface area contributed by atoms with Gasteiger partial charge >= 0.3 is 0 Å². The second-order valence-electron chi connectivity index (χ2n) is 7.38. The molecule has 2 aromatic heterocycles. The highest BCUT2D eigenvalue weighted by Crippen LogP contribution is 2.33. The lowest BCUT2D eigenvalue weighted by Crippen LogP contribution is -2.16. The number of methoxy groups -OCH3 is 2. The van der Waals surface area contributed by atoms with Crippen molar-refractivity contribution in [1.29, 1.82) is 0 Å². The summed E-state index contributed by atoms with van der Waals surface area (Å²) in [6, 6.07) is 5.20. The number of ether oxygens (including phenoxy) is 2. The number of rotatable bonds is 6. The molecule has 0 saturated carbocycles. The average Bonchev–Trinajstić information content (AvgIpc) is 2.94. The molecule has 0 fully saturated rings. The number of nitrogens with one attached hydrogen (secondary N) is 2. The predicted molar refractivity (Wildman–Crippen MR) is 118 cm³/mol. The summed E-state index contributed by atoms with van der Waals surface area (Å²) in [5.41, 5.74) is 1.71. The maximum atomic E-state index is 12.7. The number of aromatic amines is 1. The molecule has 158 valence electrons. The standard InChI is InChI=1S/C22H25N3O4S/c1-28-15-9-8-13(12-16(15)29-2)23-19(26)11-10-18-24-21(27)20-14-6-4-3-5-7-17(14)30-22(20)25-18/h8-9,12H,3-7,10-11H2,1-2H3,(H,23,26)(H,24,25,27). The molecule has 0 unspecified atom stereocenters. The Morgan fingerprint density at radius 1 is 1.17 bits per heavy atom.